The first-order valence-corrected chi connectivity index (χ1v) is 9.12. The number of aryl methyl sites for hydroxylation is 1. The van der Waals surface area contributed by atoms with E-state index in [4.69, 9.17) is 27.9 Å². The Morgan fingerprint density at radius 3 is 2.19 bits per heavy atom. The molecule has 138 valence electrons. The zero-order valence-corrected chi connectivity index (χ0v) is 15.8. The van der Waals surface area contributed by atoms with Crippen LogP contribution in [0.1, 0.15) is 12.0 Å². The van der Waals surface area contributed by atoms with Crippen LogP contribution in [0.3, 0.4) is 0 Å². The number of nitrogens with zero attached hydrogens (tertiary/aromatic N) is 1. The van der Waals surface area contributed by atoms with E-state index in [9.17, 15) is 9.90 Å². The zero-order valence-electron chi connectivity index (χ0n) is 14.3. The molecule has 0 amide bonds. The van der Waals surface area contributed by atoms with Crippen LogP contribution in [0.15, 0.2) is 67.0 Å². The summed E-state index contributed by atoms with van der Waals surface area (Å²) in [6.45, 7) is 0. The van der Waals surface area contributed by atoms with Crippen LogP contribution in [0.4, 0.5) is 0 Å². The summed E-state index contributed by atoms with van der Waals surface area (Å²) in [4.78, 5) is 15.4. The Morgan fingerprint density at radius 2 is 1.59 bits per heavy atom. The standard InChI is InChI=1S/C21H17Cl2NO3/c22-17-8-6-16(7-9-17)15-4-1-14(2-5-15)3-10-20(21(25)26)27-19-11-18(23)12-24-13-19/h1-2,4-9,11-13,20H,3,10H2,(H,25,26). The normalized spacial score (nSPS) is 11.8. The number of hydrogen-bond acceptors (Lipinski definition) is 3. The van der Waals surface area contributed by atoms with Crippen molar-refractivity contribution in [3.05, 3.63) is 82.6 Å². The van der Waals surface area contributed by atoms with E-state index in [-0.39, 0.29) is 0 Å². The van der Waals surface area contributed by atoms with Gasteiger partial charge in [-0.05, 0) is 41.7 Å². The molecular formula is C21H17Cl2NO3. The van der Waals surface area contributed by atoms with E-state index < -0.39 is 12.1 Å². The van der Waals surface area contributed by atoms with Crippen LogP contribution in [0.5, 0.6) is 5.75 Å². The molecule has 6 heteroatoms. The number of pyridine rings is 1. The molecule has 1 unspecified atom stereocenters. The number of halogens is 2. The van der Waals surface area contributed by atoms with E-state index in [1.165, 1.54) is 12.4 Å². The Hall–Kier alpha value is -2.56. The molecule has 1 heterocycles. The fourth-order valence-corrected chi connectivity index (χ4v) is 2.95. The summed E-state index contributed by atoms with van der Waals surface area (Å²) in [6, 6.07) is 17.2. The molecule has 0 spiro atoms. The van der Waals surface area contributed by atoms with Gasteiger partial charge in [0.1, 0.15) is 5.75 Å². The molecule has 1 aromatic heterocycles. The van der Waals surface area contributed by atoms with Gasteiger partial charge in [0.15, 0.2) is 6.10 Å². The van der Waals surface area contributed by atoms with Crippen molar-refractivity contribution in [3.63, 3.8) is 0 Å². The maximum Gasteiger partial charge on any atom is 0.344 e. The van der Waals surface area contributed by atoms with E-state index in [1.54, 1.807) is 6.07 Å². The molecule has 4 nitrogen and oxygen atoms in total. The summed E-state index contributed by atoms with van der Waals surface area (Å²) in [6.07, 6.45) is 2.85. The predicted molar refractivity (Wildman–Crippen MR) is 107 cm³/mol. The summed E-state index contributed by atoms with van der Waals surface area (Å²) in [5.41, 5.74) is 3.18. The van der Waals surface area contributed by atoms with Crippen molar-refractivity contribution < 1.29 is 14.6 Å². The van der Waals surface area contributed by atoms with Gasteiger partial charge in [0, 0.05) is 17.3 Å². The Bertz CT molecular complexity index is 911. The molecule has 0 fully saturated rings. The third kappa shape index (κ3) is 5.46. The SMILES string of the molecule is O=C(O)C(CCc1ccc(-c2ccc(Cl)cc2)cc1)Oc1cncc(Cl)c1. The Labute approximate surface area is 167 Å². The van der Waals surface area contributed by atoms with E-state index in [0.29, 0.717) is 28.6 Å². The van der Waals surface area contributed by atoms with Gasteiger partial charge in [0.05, 0.1) is 11.2 Å². The minimum atomic E-state index is -1.02. The second-order valence-electron chi connectivity index (χ2n) is 6.03. The number of benzene rings is 2. The maximum absolute atomic E-state index is 11.5. The van der Waals surface area contributed by atoms with Crippen molar-refractivity contribution in [2.75, 3.05) is 0 Å². The molecule has 3 aromatic rings. The summed E-state index contributed by atoms with van der Waals surface area (Å²) in [5, 5.41) is 10.5. The van der Waals surface area contributed by atoms with E-state index >= 15 is 0 Å². The van der Waals surface area contributed by atoms with E-state index in [0.717, 1.165) is 16.7 Å². The Balaban J connectivity index is 1.63. The van der Waals surface area contributed by atoms with Crippen LogP contribution in [-0.2, 0) is 11.2 Å². The fourth-order valence-electron chi connectivity index (χ4n) is 2.66. The minimum Gasteiger partial charge on any atom is -0.479 e. The highest BCUT2D eigenvalue weighted by Crippen LogP contribution is 2.23. The van der Waals surface area contributed by atoms with Gasteiger partial charge in [-0.25, -0.2) is 4.79 Å². The molecule has 3 rings (SSSR count). The summed E-state index contributed by atoms with van der Waals surface area (Å²) in [7, 11) is 0. The summed E-state index contributed by atoms with van der Waals surface area (Å²) >= 11 is 11.8. The number of hydrogen-bond donors (Lipinski definition) is 1. The van der Waals surface area contributed by atoms with Gasteiger partial charge in [-0.2, -0.15) is 0 Å². The summed E-state index contributed by atoms with van der Waals surface area (Å²) in [5.74, 6) is -0.680. The highest BCUT2D eigenvalue weighted by molar-refractivity contribution is 6.30. The molecule has 1 atom stereocenters. The fraction of sp³-hybridized carbons (Fsp3) is 0.143. The van der Waals surface area contributed by atoms with Crippen LogP contribution < -0.4 is 4.74 Å². The largest absolute Gasteiger partial charge is 0.479 e. The third-order valence-corrected chi connectivity index (χ3v) is 4.52. The lowest BCUT2D eigenvalue weighted by atomic mass is 10.0. The van der Waals surface area contributed by atoms with Gasteiger partial charge in [-0.15, -0.1) is 0 Å². The lowest BCUT2D eigenvalue weighted by Crippen LogP contribution is -2.27. The van der Waals surface area contributed by atoms with Gasteiger partial charge >= 0.3 is 5.97 Å². The number of aliphatic carboxylic acids is 1. The topological polar surface area (TPSA) is 59.4 Å². The summed E-state index contributed by atoms with van der Waals surface area (Å²) < 4.78 is 5.52. The average molecular weight is 402 g/mol. The van der Waals surface area contributed by atoms with E-state index in [2.05, 4.69) is 4.98 Å². The number of carbonyl (C=O) groups is 1. The van der Waals surface area contributed by atoms with Crippen molar-refractivity contribution in [1.82, 2.24) is 4.98 Å². The lowest BCUT2D eigenvalue weighted by Gasteiger charge is -2.15. The first-order valence-electron chi connectivity index (χ1n) is 8.36. The van der Waals surface area contributed by atoms with Gasteiger partial charge in [0.25, 0.3) is 0 Å². The maximum atomic E-state index is 11.5. The van der Waals surface area contributed by atoms with Crippen molar-refractivity contribution in [2.24, 2.45) is 0 Å². The van der Waals surface area contributed by atoms with Crippen LogP contribution in [0.25, 0.3) is 11.1 Å². The number of aromatic nitrogens is 1. The number of carboxylic acid groups (broad SMARTS) is 1. The second kappa shape index (κ2) is 8.89. The number of carboxylic acids is 1. The van der Waals surface area contributed by atoms with Crippen LogP contribution in [0, 0.1) is 0 Å². The van der Waals surface area contributed by atoms with Gasteiger partial charge in [-0.1, -0.05) is 59.6 Å². The molecule has 0 aliphatic heterocycles. The average Bonchev–Trinajstić information content (AvgIpc) is 2.66. The van der Waals surface area contributed by atoms with Crippen molar-refractivity contribution in [2.45, 2.75) is 18.9 Å². The molecule has 2 aromatic carbocycles. The minimum absolute atomic E-state index is 0.335. The third-order valence-electron chi connectivity index (χ3n) is 4.06. The molecule has 0 saturated carbocycles. The predicted octanol–water partition coefficient (Wildman–Crippen LogP) is 5.52. The molecule has 0 aliphatic rings. The highest BCUT2D eigenvalue weighted by atomic mass is 35.5. The Kier molecular flexibility index (Phi) is 6.32. The van der Waals surface area contributed by atoms with Gasteiger partial charge < -0.3 is 9.84 Å². The molecule has 0 aliphatic carbocycles. The first-order chi connectivity index (χ1) is 13.0. The smallest absolute Gasteiger partial charge is 0.344 e. The molecule has 27 heavy (non-hydrogen) atoms. The molecular weight excluding hydrogens is 385 g/mol. The molecule has 0 saturated heterocycles. The first kappa shape index (κ1) is 19.2. The van der Waals surface area contributed by atoms with Crippen LogP contribution >= 0.6 is 23.2 Å². The van der Waals surface area contributed by atoms with Crippen molar-refractivity contribution in [1.29, 1.82) is 0 Å². The second-order valence-corrected chi connectivity index (χ2v) is 6.90. The Morgan fingerprint density at radius 1 is 0.963 bits per heavy atom. The van der Waals surface area contributed by atoms with Crippen molar-refractivity contribution >= 4 is 29.2 Å². The molecule has 1 N–H and O–H groups in total. The highest BCUT2D eigenvalue weighted by Gasteiger charge is 2.19. The quantitative estimate of drug-likeness (QED) is 0.565. The number of rotatable bonds is 7. The van der Waals surface area contributed by atoms with Gasteiger partial charge in [0.2, 0.25) is 0 Å². The molecule has 0 radical (unpaired) electrons. The van der Waals surface area contributed by atoms with E-state index in [1.807, 2.05) is 48.5 Å². The zero-order chi connectivity index (χ0) is 19.2. The lowest BCUT2D eigenvalue weighted by molar-refractivity contribution is -0.145. The number of ether oxygens (including phenoxy) is 1. The van der Waals surface area contributed by atoms with Crippen LogP contribution in [-0.4, -0.2) is 22.2 Å². The van der Waals surface area contributed by atoms with Crippen LogP contribution in [0.2, 0.25) is 10.0 Å². The van der Waals surface area contributed by atoms with Gasteiger partial charge in [-0.3, -0.25) is 4.98 Å². The monoisotopic (exact) mass is 401 g/mol. The molecule has 0 bridgehead atoms. The van der Waals surface area contributed by atoms with Crippen molar-refractivity contribution in [3.8, 4) is 16.9 Å².